The molecule has 0 aromatic rings. The molecule has 0 unspecified atom stereocenters. The normalized spacial score (nSPS) is 22.5. The molecule has 1 saturated heterocycles. The fraction of sp³-hybridized carbons (Fsp3) is 0.786. The molecule has 0 radical (unpaired) electrons. The number of likely N-dealkylation sites (tertiary alicyclic amines) is 1. The third-order valence-corrected chi connectivity index (χ3v) is 3.77. The van der Waals surface area contributed by atoms with Gasteiger partial charge in [0.2, 0.25) is 0 Å². The van der Waals surface area contributed by atoms with E-state index >= 15 is 0 Å². The quantitative estimate of drug-likeness (QED) is 0.464. The topological polar surface area (TPSA) is 41.6 Å². The van der Waals surface area contributed by atoms with Crippen LogP contribution in [0.3, 0.4) is 0 Å². The summed E-state index contributed by atoms with van der Waals surface area (Å²) in [6.45, 7) is 3.06. The minimum absolute atomic E-state index is 0.769. The first kappa shape index (κ1) is 12.5. The van der Waals surface area contributed by atoms with Gasteiger partial charge in [0, 0.05) is 19.6 Å². The summed E-state index contributed by atoms with van der Waals surface area (Å²) in [5, 5.41) is 0. The molecule has 0 saturated carbocycles. The summed E-state index contributed by atoms with van der Waals surface area (Å²) in [5.74, 6) is 0.769. The highest BCUT2D eigenvalue weighted by Gasteiger charge is 2.10. The van der Waals surface area contributed by atoms with Crippen molar-refractivity contribution < 1.29 is 0 Å². The maximum absolute atomic E-state index is 6.06. The second-order valence-corrected chi connectivity index (χ2v) is 5.15. The Morgan fingerprint density at radius 3 is 2.59 bits per heavy atom. The number of hydrogen-bond donors (Lipinski definition) is 1. The molecule has 0 aromatic heterocycles. The molecule has 2 N–H and O–H groups in total. The Hall–Kier alpha value is -0.990. The van der Waals surface area contributed by atoms with E-state index in [2.05, 4.69) is 16.0 Å². The molecule has 0 atom stereocenters. The number of nitrogens with zero attached hydrogens (tertiary/aromatic N) is 2. The molecule has 17 heavy (non-hydrogen) atoms. The zero-order chi connectivity index (χ0) is 11.9. The molecule has 3 heteroatoms. The molecule has 0 amide bonds. The summed E-state index contributed by atoms with van der Waals surface area (Å²) >= 11 is 0. The fourth-order valence-electron chi connectivity index (χ4n) is 2.68. The molecule has 1 aliphatic heterocycles. The lowest BCUT2D eigenvalue weighted by Crippen LogP contribution is -2.38. The van der Waals surface area contributed by atoms with Crippen LogP contribution in [0.1, 0.15) is 51.4 Å². The van der Waals surface area contributed by atoms with Gasteiger partial charge in [-0.3, -0.25) is 4.99 Å². The van der Waals surface area contributed by atoms with Gasteiger partial charge in [0.05, 0.1) is 0 Å². The highest BCUT2D eigenvalue weighted by atomic mass is 15.2. The van der Waals surface area contributed by atoms with Crippen LogP contribution in [0, 0.1) is 0 Å². The molecule has 3 nitrogen and oxygen atoms in total. The van der Waals surface area contributed by atoms with Crippen LogP contribution >= 0.6 is 0 Å². The SMILES string of the molecule is NC(=NCCC1=CCCC1)N1CCCCCC1. The van der Waals surface area contributed by atoms with Crippen LogP contribution in [0.5, 0.6) is 0 Å². The van der Waals surface area contributed by atoms with Gasteiger partial charge < -0.3 is 10.6 Å². The highest BCUT2D eigenvalue weighted by Crippen LogP contribution is 2.20. The van der Waals surface area contributed by atoms with Gasteiger partial charge in [0.1, 0.15) is 0 Å². The lowest BCUT2D eigenvalue weighted by Gasteiger charge is -2.21. The molecule has 96 valence electrons. The van der Waals surface area contributed by atoms with Gasteiger partial charge >= 0.3 is 0 Å². The Labute approximate surface area is 105 Å². The maximum Gasteiger partial charge on any atom is 0.191 e. The zero-order valence-corrected chi connectivity index (χ0v) is 10.8. The predicted octanol–water partition coefficient (Wildman–Crippen LogP) is 2.68. The molecular weight excluding hydrogens is 210 g/mol. The number of guanidine groups is 1. The van der Waals surface area contributed by atoms with Crippen molar-refractivity contribution in [3.63, 3.8) is 0 Å². The average Bonchev–Trinajstić information content (AvgIpc) is 2.69. The van der Waals surface area contributed by atoms with Crippen LogP contribution in [0.4, 0.5) is 0 Å². The van der Waals surface area contributed by atoms with Crippen molar-refractivity contribution >= 4 is 5.96 Å². The molecule has 2 aliphatic rings. The Morgan fingerprint density at radius 2 is 1.94 bits per heavy atom. The van der Waals surface area contributed by atoms with Crippen LogP contribution in [-0.2, 0) is 0 Å². The van der Waals surface area contributed by atoms with Crippen LogP contribution in [0.25, 0.3) is 0 Å². The second-order valence-electron chi connectivity index (χ2n) is 5.15. The lowest BCUT2D eigenvalue weighted by atomic mass is 10.2. The molecule has 0 bridgehead atoms. The average molecular weight is 235 g/mol. The van der Waals surface area contributed by atoms with Crippen molar-refractivity contribution in [2.24, 2.45) is 10.7 Å². The van der Waals surface area contributed by atoms with Crippen LogP contribution < -0.4 is 5.73 Å². The summed E-state index contributed by atoms with van der Waals surface area (Å²) in [6.07, 6.45) is 12.6. The monoisotopic (exact) mass is 235 g/mol. The number of aliphatic imine (C=N–C) groups is 1. The van der Waals surface area contributed by atoms with E-state index < -0.39 is 0 Å². The Morgan fingerprint density at radius 1 is 1.18 bits per heavy atom. The maximum atomic E-state index is 6.06. The van der Waals surface area contributed by atoms with Gasteiger partial charge in [-0.2, -0.15) is 0 Å². The van der Waals surface area contributed by atoms with Crippen LogP contribution in [0.15, 0.2) is 16.6 Å². The summed E-state index contributed by atoms with van der Waals surface area (Å²) in [7, 11) is 0. The van der Waals surface area contributed by atoms with Gasteiger partial charge in [-0.25, -0.2) is 0 Å². The summed E-state index contributed by atoms with van der Waals surface area (Å²) in [5.41, 5.74) is 7.64. The summed E-state index contributed by atoms with van der Waals surface area (Å²) in [6, 6.07) is 0. The lowest BCUT2D eigenvalue weighted by molar-refractivity contribution is 0.428. The van der Waals surface area contributed by atoms with E-state index in [4.69, 9.17) is 5.73 Å². The van der Waals surface area contributed by atoms with E-state index in [0.29, 0.717) is 0 Å². The summed E-state index contributed by atoms with van der Waals surface area (Å²) in [4.78, 5) is 6.79. The Kier molecular flexibility index (Phi) is 4.89. The number of rotatable bonds is 3. The number of hydrogen-bond acceptors (Lipinski definition) is 1. The van der Waals surface area contributed by atoms with Gasteiger partial charge in [0.15, 0.2) is 5.96 Å². The number of allylic oxidation sites excluding steroid dienone is 1. The first-order valence-corrected chi connectivity index (χ1v) is 7.09. The molecule has 0 aromatic carbocycles. The van der Waals surface area contributed by atoms with Crippen molar-refractivity contribution in [2.75, 3.05) is 19.6 Å². The Bertz CT molecular complexity index is 286. The third-order valence-electron chi connectivity index (χ3n) is 3.77. The molecule has 2 rings (SSSR count). The van der Waals surface area contributed by atoms with Gasteiger partial charge in [-0.15, -0.1) is 0 Å². The van der Waals surface area contributed by atoms with Crippen molar-refractivity contribution in [1.82, 2.24) is 4.90 Å². The van der Waals surface area contributed by atoms with Crippen LogP contribution in [0.2, 0.25) is 0 Å². The van der Waals surface area contributed by atoms with Gasteiger partial charge in [0.25, 0.3) is 0 Å². The van der Waals surface area contributed by atoms with Gasteiger partial charge in [-0.05, 0) is 38.5 Å². The minimum atomic E-state index is 0.769. The predicted molar refractivity (Wildman–Crippen MR) is 73.1 cm³/mol. The third kappa shape index (κ3) is 4.06. The molecule has 1 fully saturated rings. The molecular formula is C14H25N3. The smallest absolute Gasteiger partial charge is 0.191 e. The van der Waals surface area contributed by atoms with Crippen molar-refractivity contribution in [1.29, 1.82) is 0 Å². The van der Waals surface area contributed by atoms with E-state index in [1.807, 2.05) is 0 Å². The standard InChI is InChI=1S/C14H25N3/c15-14(17-11-5-1-2-6-12-17)16-10-9-13-7-3-4-8-13/h7H,1-6,8-12H2,(H2,15,16). The number of nitrogens with two attached hydrogens (primary N) is 1. The van der Waals surface area contributed by atoms with Crippen molar-refractivity contribution in [3.05, 3.63) is 11.6 Å². The van der Waals surface area contributed by atoms with Crippen molar-refractivity contribution in [2.45, 2.75) is 51.4 Å². The fourth-order valence-corrected chi connectivity index (χ4v) is 2.68. The first-order chi connectivity index (χ1) is 8.36. The second kappa shape index (κ2) is 6.67. The van der Waals surface area contributed by atoms with Gasteiger partial charge in [-0.1, -0.05) is 24.5 Å². The van der Waals surface area contributed by atoms with E-state index in [-0.39, 0.29) is 0 Å². The molecule has 1 aliphatic carbocycles. The minimum Gasteiger partial charge on any atom is -0.370 e. The summed E-state index contributed by atoms with van der Waals surface area (Å²) < 4.78 is 0. The largest absolute Gasteiger partial charge is 0.370 e. The van der Waals surface area contributed by atoms with E-state index in [0.717, 1.165) is 32.0 Å². The van der Waals surface area contributed by atoms with Crippen LogP contribution in [-0.4, -0.2) is 30.5 Å². The molecule has 0 spiro atoms. The van der Waals surface area contributed by atoms with Crippen molar-refractivity contribution in [3.8, 4) is 0 Å². The Balaban J connectivity index is 1.74. The molecule has 1 heterocycles. The van der Waals surface area contributed by atoms with E-state index in [1.54, 1.807) is 5.57 Å². The zero-order valence-electron chi connectivity index (χ0n) is 10.8. The first-order valence-electron chi connectivity index (χ1n) is 7.09. The highest BCUT2D eigenvalue weighted by molar-refractivity contribution is 5.78. The van der Waals surface area contributed by atoms with E-state index in [9.17, 15) is 0 Å². The van der Waals surface area contributed by atoms with E-state index in [1.165, 1.54) is 44.9 Å².